The highest BCUT2D eigenvalue weighted by molar-refractivity contribution is 5.92. The Bertz CT molecular complexity index is 461. The molecule has 1 unspecified atom stereocenters. The average molecular weight is 296 g/mol. The van der Waals surface area contributed by atoms with Gasteiger partial charge < -0.3 is 25.2 Å². The number of carboxylic acid groups (broad SMARTS) is 1. The average Bonchev–Trinajstić information content (AvgIpc) is 2.45. The van der Waals surface area contributed by atoms with Gasteiger partial charge in [0, 0.05) is 25.8 Å². The number of nitrogens with one attached hydrogen (secondary N) is 2. The number of methoxy groups -OCH3 is 1. The number of carboxylic acids is 1. The van der Waals surface area contributed by atoms with Gasteiger partial charge in [-0.25, -0.2) is 9.59 Å². The number of anilines is 1. The number of carbonyl (C=O) groups is 2. The molecule has 1 aromatic rings. The molecule has 21 heavy (non-hydrogen) atoms. The van der Waals surface area contributed by atoms with E-state index in [1.165, 1.54) is 7.11 Å². The standard InChI is InChI=1S/C14H20N2O5/c1-3-21-11-6-4-10(5-7-11)15-14(19)16-12(13(17)18)8-9-20-2/h4-7,12H,3,8-9H2,1-2H3,(H,17,18)(H2,15,16,19). The van der Waals surface area contributed by atoms with Crippen LogP contribution in [-0.4, -0.2) is 43.5 Å². The van der Waals surface area contributed by atoms with Crippen molar-refractivity contribution < 1.29 is 24.2 Å². The highest BCUT2D eigenvalue weighted by atomic mass is 16.5. The Kier molecular flexibility index (Phi) is 7.03. The molecular weight excluding hydrogens is 276 g/mol. The summed E-state index contributed by atoms with van der Waals surface area (Å²) >= 11 is 0. The van der Waals surface area contributed by atoms with E-state index in [0.29, 0.717) is 18.0 Å². The first-order chi connectivity index (χ1) is 10.1. The minimum atomic E-state index is -1.10. The van der Waals surface area contributed by atoms with Crippen LogP contribution in [0.3, 0.4) is 0 Å². The topological polar surface area (TPSA) is 96.9 Å². The summed E-state index contributed by atoms with van der Waals surface area (Å²) in [4.78, 5) is 22.7. The molecule has 0 radical (unpaired) electrons. The molecule has 3 N–H and O–H groups in total. The molecule has 7 nitrogen and oxygen atoms in total. The number of carbonyl (C=O) groups excluding carboxylic acids is 1. The summed E-state index contributed by atoms with van der Waals surface area (Å²) in [5.41, 5.74) is 0.548. The van der Waals surface area contributed by atoms with Gasteiger partial charge in [0.25, 0.3) is 0 Å². The van der Waals surface area contributed by atoms with Crippen molar-refractivity contribution in [3.05, 3.63) is 24.3 Å². The number of aliphatic carboxylic acids is 1. The summed E-state index contributed by atoms with van der Waals surface area (Å²) in [6, 6.07) is 5.22. The third-order valence-electron chi connectivity index (χ3n) is 2.64. The van der Waals surface area contributed by atoms with Crippen LogP contribution in [-0.2, 0) is 9.53 Å². The quantitative estimate of drug-likeness (QED) is 0.678. The fourth-order valence-corrected chi connectivity index (χ4v) is 1.62. The van der Waals surface area contributed by atoms with Crippen LogP contribution in [0, 0.1) is 0 Å². The second kappa shape index (κ2) is 8.80. The number of urea groups is 1. The van der Waals surface area contributed by atoms with E-state index in [1.54, 1.807) is 24.3 Å². The van der Waals surface area contributed by atoms with Crippen molar-refractivity contribution in [1.82, 2.24) is 5.32 Å². The zero-order valence-electron chi connectivity index (χ0n) is 12.1. The highest BCUT2D eigenvalue weighted by Gasteiger charge is 2.19. The van der Waals surface area contributed by atoms with Gasteiger partial charge in [0.2, 0.25) is 0 Å². The van der Waals surface area contributed by atoms with Crippen LogP contribution < -0.4 is 15.4 Å². The summed E-state index contributed by atoms with van der Waals surface area (Å²) in [5, 5.41) is 13.9. The van der Waals surface area contributed by atoms with Crippen LogP contribution in [0.25, 0.3) is 0 Å². The predicted molar refractivity (Wildman–Crippen MR) is 77.7 cm³/mol. The van der Waals surface area contributed by atoms with Gasteiger partial charge in [-0.15, -0.1) is 0 Å². The number of amides is 2. The van der Waals surface area contributed by atoms with Crippen molar-refractivity contribution in [2.75, 3.05) is 25.6 Å². The third-order valence-corrected chi connectivity index (χ3v) is 2.64. The van der Waals surface area contributed by atoms with Gasteiger partial charge in [0.15, 0.2) is 0 Å². The maximum absolute atomic E-state index is 11.7. The maximum atomic E-state index is 11.7. The Labute approximate surface area is 123 Å². The fraction of sp³-hybridized carbons (Fsp3) is 0.429. The number of hydrogen-bond donors (Lipinski definition) is 3. The second-order valence-electron chi connectivity index (χ2n) is 4.23. The SMILES string of the molecule is CCOc1ccc(NC(=O)NC(CCOC)C(=O)O)cc1. The summed E-state index contributed by atoms with van der Waals surface area (Å²) in [7, 11) is 1.47. The monoisotopic (exact) mass is 296 g/mol. The first-order valence-electron chi connectivity index (χ1n) is 6.59. The highest BCUT2D eigenvalue weighted by Crippen LogP contribution is 2.15. The molecule has 0 aliphatic carbocycles. The third kappa shape index (κ3) is 6.13. The first kappa shape index (κ1) is 16.8. The van der Waals surface area contributed by atoms with Crippen molar-refractivity contribution in [3.63, 3.8) is 0 Å². The van der Waals surface area contributed by atoms with E-state index < -0.39 is 18.0 Å². The van der Waals surface area contributed by atoms with Gasteiger partial charge in [-0.3, -0.25) is 0 Å². The summed E-state index contributed by atoms with van der Waals surface area (Å²) in [5.74, 6) is -0.402. The normalized spacial score (nSPS) is 11.5. The van der Waals surface area contributed by atoms with Gasteiger partial charge >= 0.3 is 12.0 Å². The van der Waals surface area contributed by atoms with Crippen LogP contribution in [0.2, 0.25) is 0 Å². The number of rotatable bonds is 8. The van der Waals surface area contributed by atoms with Crippen LogP contribution in [0.15, 0.2) is 24.3 Å². The maximum Gasteiger partial charge on any atom is 0.326 e. The molecular formula is C14H20N2O5. The van der Waals surface area contributed by atoms with Crippen molar-refractivity contribution in [2.45, 2.75) is 19.4 Å². The zero-order chi connectivity index (χ0) is 15.7. The Balaban J connectivity index is 2.52. The first-order valence-corrected chi connectivity index (χ1v) is 6.59. The lowest BCUT2D eigenvalue weighted by molar-refractivity contribution is -0.139. The van der Waals surface area contributed by atoms with Crippen molar-refractivity contribution >= 4 is 17.7 Å². The minimum Gasteiger partial charge on any atom is -0.494 e. The van der Waals surface area contributed by atoms with Crippen LogP contribution in [0.5, 0.6) is 5.75 Å². The zero-order valence-corrected chi connectivity index (χ0v) is 12.1. The van der Waals surface area contributed by atoms with Crippen molar-refractivity contribution in [1.29, 1.82) is 0 Å². The smallest absolute Gasteiger partial charge is 0.326 e. The molecule has 0 aliphatic heterocycles. The molecule has 0 bridgehead atoms. The fourth-order valence-electron chi connectivity index (χ4n) is 1.62. The summed E-state index contributed by atoms with van der Waals surface area (Å²) in [6.45, 7) is 2.69. The molecule has 0 fully saturated rings. The summed E-state index contributed by atoms with van der Waals surface area (Å²) in [6.07, 6.45) is 0.197. The Hall–Kier alpha value is -2.28. The van der Waals surface area contributed by atoms with E-state index in [0.717, 1.165) is 0 Å². The van der Waals surface area contributed by atoms with E-state index in [2.05, 4.69) is 10.6 Å². The second-order valence-corrected chi connectivity index (χ2v) is 4.23. The lowest BCUT2D eigenvalue weighted by Crippen LogP contribution is -2.43. The van der Waals surface area contributed by atoms with Gasteiger partial charge in [0.1, 0.15) is 11.8 Å². The van der Waals surface area contributed by atoms with E-state index in [4.69, 9.17) is 14.6 Å². The van der Waals surface area contributed by atoms with Gasteiger partial charge in [-0.1, -0.05) is 0 Å². The predicted octanol–water partition coefficient (Wildman–Crippen LogP) is 1.70. The van der Waals surface area contributed by atoms with Crippen LogP contribution >= 0.6 is 0 Å². The molecule has 0 heterocycles. The molecule has 1 atom stereocenters. The van der Waals surface area contributed by atoms with E-state index in [9.17, 15) is 9.59 Å². The largest absolute Gasteiger partial charge is 0.494 e. The molecule has 0 aromatic heterocycles. The minimum absolute atomic E-state index is 0.197. The molecule has 0 saturated heterocycles. The Morgan fingerprint density at radius 2 is 1.95 bits per heavy atom. The molecule has 0 saturated carbocycles. The van der Waals surface area contributed by atoms with Gasteiger partial charge in [-0.05, 0) is 31.2 Å². The molecule has 7 heteroatoms. The Morgan fingerprint density at radius 1 is 1.29 bits per heavy atom. The van der Waals surface area contributed by atoms with Crippen molar-refractivity contribution in [3.8, 4) is 5.75 Å². The van der Waals surface area contributed by atoms with Crippen LogP contribution in [0.1, 0.15) is 13.3 Å². The Morgan fingerprint density at radius 3 is 2.48 bits per heavy atom. The van der Waals surface area contributed by atoms with E-state index >= 15 is 0 Å². The number of ether oxygens (including phenoxy) is 2. The van der Waals surface area contributed by atoms with Gasteiger partial charge in [0.05, 0.1) is 6.61 Å². The summed E-state index contributed by atoms with van der Waals surface area (Å²) < 4.78 is 10.1. The molecule has 2 amide bonds. The molecule has 1 aromatic carbocycles. The lowest BCUT2D eigenvalue weighted by atomic mass is 10.2. The molecule has 116 valence electrons. The van der Waals surface area contributed by atoms with E-state index in [-0.39, 0.29) is 13.0 Å². The molecule has 0 spiro atoms. The van der Waals surface area contributed by atoms with Crippen LogP contribution in [0.4, 0.5) is 10.5 Å². The number of benzene rings is 1. The molecule has 0 aliphatic rings. The van der Waals surface area contributed by atoms with Gasteiger partial charge in [-0.2, -0.15) is 0 Å². The number of hydrogen-bond acceptors (Lipinski definition) is 4. The van der Waals surface area contributed by atoms with E-state index in [1.807, 2.05) is 6.92 Å². The lowest BCUT2D eigenvalue weighted by Gasteiger charge is -2.15. The van der Waals surface area contributed by atoms with Crippen molar-refractivity contribution in [2.24, 2.45) is 0 Å². The molecule has 1 rings (SSSR count).